The van der Waals surface area contributed by atoms with Crippen LogP contribution in [0.15, 0.2) is 77.7 Å². The van der Waals surface area contributed by atoms with Gasteiger partial charge in [-0.05, 0) is 55.7 Å². The van der Waals surface area contributed by atoms with Crippen molar-refractivity contribution in [2.75, 3.05) is 17.4 Å². The molecular weight excluding hydrogens is 591 g/mol. The lowest BCUT2D eigenvalue weighted by Crippen LogP contribution is -2.52. The fourth-order valence-electron chi connectivity index (χ4n) is 4.32. The van der Waals surface area contributed by atoms with E-state index < -0.39 is 56.9 Å². The quantitative estimate of drug-likeness (QED) is 0.260. The second-order valence-electron chi connectivity index (χ2n) is 9.71. The summed E-state index contributed by atoms with van der Waals surface area (Å²) in [7, 11) is -4.54. The molecule has 1 N–H and O–H groups in total. The molecule has 2 amide bonds. The largest absolute Gasteiger partial charge is 0.417 e. The number of hydrogen-bond acceptors (Lipinski definition) is 4. The minimum atomic E-state index is -4.87. The van der Waals surface area contributed by atoms with Crippen LogP contribution in [0.4, 0.5) is 18.9 Å². The van der Waals surface area contributed by atoms with Crippen molar-refractivity contribution < 1.29 is 31.2 Å². The Morgan fingerprint density at radius 2 is 1.62 bits per heavy atom. The SMILES string of the molecule is CCCNC(=O)[C@H](CC)N(Cc1ccccc1)C(=O)CN(c1ccc(Cl)c(C(F)(F)F)c1)S(=O)(=O)c1ccc(C)cc1. The minimum Gasteiger partial charge on any atom is -0.354 e. The topological polar surface area (TPSA) is 86.8 Å². The molecule has 0 aliphatic carbocycles. The van der Waals surface area contributed by atoms with Crippen LogP contribution in [0.25, 0.3) is 0 Å². The van der Waals surface area contributed by atoms with Crippen molar-refractivity contribution in [3.05, 3.63) is 94.5 Å². The van der Waals surface area contributed by atoms with Gasteiger partial charge in [0.05, 0.1) is 21.2 Å². The lowest BCUT2D eigenvalue weighted by atomic mass is 10.1. The smallest absolute Gasteiger partial charge is 0.354 e. The molecule has 0 heterocycles. The summed E-state index contributed by atoms with van der Waals surface area (Å²) in [6.45, 7) is 4.84. The third-order valence-electron chi connectivity index (χ3n) is 6.56. The Morgan fingerprint density at radius 3 is 2.19 bits per heavy atom. The monoisotopic (exact) mass is 623 g/mol. The van der Waals surface area contributed by atoms with Gasteiger partial charge in [0.15, 0.2) is 0 Å². The molecule has 0 saturated heterocycles. The van der Waals surface area contributed by atoms with Crippen molar-refractivity contribution in [2.45, 2.75) is 57.3 Å². The summed E-state index contributed by atoms with van der Waals surface area (Å²) in [5.41, 5.74) is -0.194. The highest BCUT2D eigenvalue weighted by Gasteiger charge is 2.37. The van der Waals surface area contributed by atoms with Crippen molar-refractivity contribution >= 4 is 39.1 Å². The van der Waals surface area contributed by atoms with Crippen LogP contribution in [0.1, 0.15) is 43.4 Å². The molecule has 0 aliphatic heterocycles. The van der Waals surface area contributed by atoms with Gasteiger partial charge in [0.2, 0.25) is 11.8 Å². The number of sulfonamides is 1. The van der Waals surface area contributed by atoms with Crippen molar-refractivity contribution in [2.24, 2.45) is 0 Å². The molecule has 226 valence electrons. The highest BCUT2D eigenvalue weighted by Crippen LogP contribution is 2.38. The predicted molar refractivity (Wildman–Crippen MR) is 157 cm³/mol. The molecule has 1 atom stereocenters. The van der Waals surface area contributed by atoms with Gasteiger partial charge in [0, 0.05) is 13.1 Å². The Balaban J connectivity index is 2.13. The van der Waals surface area contributed by atoms with Crippen molar-refractivity contribution in [1.82, 2.24) is 10.2 Å². The molecule has 0 aliphatic rings. The van der Waals surface area contributed by atoms with E-state index in [1.54, 1.807) is 56.3 Å². The number of benzene rings is 3. The van der Waals surface area contributed by atoms with Crippen molar-refractivity contribution in [1.29, 1.82) is 0 Å². The molecule has 3 aromatic carbocycles. The normalized spacial score (nSPS) is 12.5. The highest BCUT2D eigenvalue weighted by molar-refractivity contribution is 7.92. The van der Waals surface area contributed by atoms with Crippen molar-refractivity contribution in [3.63, 3.8) is 0 Å². The van der Waals surface area contributed by atoms with E-state index in [0.29, 0.717) is 28.9 Å². The predicted octanol–water partition coefficient (Wildman–Crippen LogP) is 6.20. The van der Waals surface area contributed by atoms with Gasteiger partial charge in [-0.1, -0.05) is 73.5 Å². The maximum absolute atomic E-state index is 14.0. The molecule has 3 rings (SSSR count). The lowest BCUT2D eigenvalue weighted by molar-refractivity contribution is -0.140. The molecule has 0 aromatic heterocycles. The summed E-state index contributed by atoms with van der Waals surface area (Å²) in [5.74, 6) is -1.18. The van der Waals surface area contributed by atoms with E-state index in [-0.39, 0.29) is 17.9 Å². The number of carbonyl (C=O) groups excluding carboxylic acids is 2. The standard InChI is InChI=1S/C30H33ClF3N3O4S/c1-4-17-35-29(39)27(5-2)36(19-22-9-7-6-8-10-22)28(38)20-37(42(40,41)24-14-11-21(3)12-15-24)23-13-16-26(31)25(18-23)30(32,33)34/h6-16,18,27H,4-5,17,19-20H2,1-3H3,(H,35,39)/t27-/m0/s1. The van der Waals surface area contributed by atoms with Crippen LogP contribution in [0.3, 0.4) is 0 Å². The average molecular weight is 624 g/mol. The summed E-state index contributed by atoms with van der Waals surface area (Å²) in [4.78, 5) is 28.1. The molecule has 3 aromatic rings. The summed E-state index contributed by atoms with van der Waals surface area (Å²) in [6, 6.07) is 16.3. The second kappa shape index (κ2) is 14.1. The van der Waals surface area contributed by atoms with Crippen LogP contribution in [0, 0.1) is 6.92 Å². The molecule has 0 unspecified atom stereocenters. The van der Waals surface area contributed by atoms with Crippen LogP contribution < -0.4 is 9.62 Å². The third-order valence-corrected chi connectivity index (χ3v) is 8.68. The van der Waals surface area contributed by atoms with Crippen molar-refractivity contribution in [3.8, 4) is 0 Å². The fourth-order valence-corrected chi connectivity index (χ4v) is 5.95. The van der Waals surface area contributed by atoms with Gasteiger partial charge in [-0.3, -0.25) is 13.9 Å². The third kappa shape index (κ3) is 8.04. The first-order valence-electron chi connectivity index (χ1n) is 13.4. The fraction of sp³-hybridized carbons (Fsp3) is 0.333. The maximum Gasteiger partial charge on any atom is 0.417 e. The summed E-state index contributed by atoms with van der Waals surface area (Å²) < 4.78 is 69.7. The van der Waals surface area contributed by atoms with Crippen LogP contribution in [-0.2, 0) is 32.3 Å². The first-order valence-corrected chi connectivity index (χ1v) is 15.2. The molecule has 7 nitrogen and oxygen atoms in total. The number of aryl methyl sites for hydroxylation is 1. The zero-order chi connectivity index (χ0) is 31.1. The number of carbonyl (C=O) groups is 2. The number of halogens is 4. The first kappa shape index (κ1) is 32.9. The first-order chi connectivity index (χ1) is 19.8. The number of hydrogen-bond donors (Lipinski definition) is 1. The van der Waals surface area contributed by atoms with Crippen LogP contribution in [0.5, 0.6) is 0 Å². The number of rotatable bonds is 12. The van der Waals surface area contributed by atoms with E-state index in [1.807, 2.05) is 6.92 Å². The number of alkyl halides is 3. The van der Waals surface area contributed by atoms with Gasteiger partial charge in [-0.2, -0.15) is 13.2 Å². The summed E-state index contributed by atoms with van der Waals surface area (Å²) in [6.07, 6.45) is -3.99. The number of amides is 2. The van der Waals surface area contributed by atoms with Gasteiger partial charge in [0.1, 0.15) is 12.6 Å². The van der Waals surface area contributed by atoms with Gasteiger partial charge in [0.25, 0.3) is 10.0 Å². The molecule has 12 heteroatoms. The van der Waals surface area contributed by atoms with E-state index in [1.165, 1.54) is 17.0 Å². The molecular formula is C30H33ClF3N3O4S. The van der Waals surface area contributed by atoms with E-state index >= 15 is 0 Å². The lowest BCUT2D eigenvalue weighted by Gasteiger charge is -2.33. The molecule has 0 bridgehead atoms. The number of nitrogens with zero attached hydrogens (tertiary/aromatic N) is 2. The van der Waals surface area contributed by atoms with Crippen LogP contribution in [0.2, 0.25) is 5.02 Å². The minimum absolute atomic E-state index is 0.0233. The van der Waals surface area contributed by atoms with E-state index in [2.05, 4.69) is 5.32 Å². The number of nitrogens with one attached hydrogen (secondary N) is 1. The molecule has 0 radical (unpaired) electrons. The highest BCUT2D eigenvalue weighted by atomic mass is 35.5. The van der Waals surface area contributed by atoms with Gasteiger partial charge in [-0.15, -0.1) is 0 Å². The zero-order valence-electron chi connectivity index (χ0n) is 23.5. The summed E-state index contributed by atoms with van der Waals surface area (Å²) in [5, 5.41) is 2.16. The second-order valence-corrected chi connectivity index (χ2v) is 12.0. The van der Waals surface area contributed by atoms with Crippen LogP contribution in [-0.4, -0.2) is 44.3 Å². The molecule has 0 fully saturated rings. The average Bonchev–Trinajstić information content (AvgIpc) is 2.95. The number of anilines is 1. The Morgan fingerprint density at radius 1 is 0.976 bits per heavy atom. The molecule has 0 saturated carbocycles. The Labute approximate surface area is 249 Å². The van der Waals surface area contributed by atoms with E-state index in [4.69, 9.17) is 11.6 Å². The van der Waals surface area contributed by atoms with Gasteiger partial charge >= 0.3 is 6.18 Å². The summed E-state index contributed by atoms with van der Waals surface area (Å²) >= 11 is 5.81. The van der Waals surface area contributed by atoms with E-state index in [9.17, 15) is 31.2 Å². The Kier molecular flexibility index (Phi) is 11.0. The zero-order valence-corrected chi connectivity index (χ0v) is 25.1. The van der Waals surface area contributed by atoms with Gasteiger partial charge in [-0.25, -0.2) is 8.42 Å². The Bertz CT molecular complexity index is 1480. The maximum atomic E-state index is 14.0. The Hall–Kier alpha value is -3.57. The van der Waals surface area contributed by atoms with E-state index in [0.717, 1.165) is 17.7 Å². The molecule has 0 spiro atoms. The van der Waals surface area contributed by atoms with Crippen LogP contribution >= 0.6 is 11.6 Å². The molecule has 42 heavy (non-hydrogen) atoms. The van der Waals surface area contributed by atoms with Gasteiger partial charge < -0.3 is 10.2 Å².